The molecule has 0 aliphatic carbocycles. The van der Waals surface area contributed by atoms with E-state index in [1.165, 1.54) is 5.56 Å². The molecule has 1 N–H and O–H groups in total. The normalized spacial score (nSPS) is 11.8. The van der Waals surface area contributed by atoms with Crippen molar-refractivity contribution in [3.05, 3.63) is 33.8 Å². The average Bonchev–Trinajstić information content (AvgIpc) is 2.20. The highest BCUT2D eigenvalue weighted by molar-refractivity contribution is 9.10. The van der Waals surface area contributed by atoms with Crippen LogP contribution in [0.5, 0.6) is 0 Å². The summed E-state index contributed by atoms with van der Waals surface area (Å²) in [5, 5.41) is 10.4. The summed E-state index contributed by atoms with van der Waals surface area (Å²) in [5.74, 6) is 0. The molecular weight excluding hydrogens is 240 g/mol. The van der Waals surface area contributed by atoms with Gasteiger partial charge in [0.15, 0.2) is 0 Å². The Morgan fingerprint density at radius 1 is 1.29 bits per heavy atom. The van der Waals surface area contributed by atoms with Crippen LogP contribution in [-0.2, 0) is 5.60 Å². The smallest absolute Gasteiger partial charge is 0.0902 e. The summed E-state index contributed by atoms with van der Waals surface area (Å²) in [6.07, 6.45) is 1.48. The zero-order valence-electron chi connectivity index (χ0n) is 8.97. The van der Waals surface area contributed by atoms with E-state index >= 15 is 0 Å². The summed E-state index contributed by atoms with van der Waals surface area (Å²) in [4.78, 5) is 0. The lowest BCUT2D eigenvalue weighted by Gasteiger charge is -2.27. The molecule has 0 saturated heterocycles. The Morgan fingerprint density at radius 2 is 1.86 bits per heavy atom. The number of aryl methyl sites for hydroxylation is 1. The summed E-state index contributed by atoms with van der Waals surface area (Å²) in [7, 11) is 0. The molecule has 2 heteroatoms. The van der Waals surface area contributed by atoms with Crippen molar-refractivity contribution in [2.75, 3.05) is 0 Å². The predicted molar refractivity (Wildman–Crippen MR) is 63.4 cm³/mol. The van der Waals surface area contributed by atoms with Gasteiger partial charge in [0.25, 0.3) is 0 Å². The number of hydrogen-bond acceptors (Lipinski definition) is 1. The molecule has 1 nitrogen and oxygen atoms in total. The van der Waals surface area contributed by atoms with Crippen LogP contribution in [0.3, 0.4) is 0 Å². The van der Waals surface area contributed by atoms with Crippen LogP contribution < -0.4 is 0 Å². The van der Waals surface area contributed by atoms with E-state index in [1.54, 1.807) is 0 Å². The van der Waals surface area contributed by atoms with E-state index in [1.807, 2.05) is 32.9 Å². The summed E-state index contributed by atoms with van der Waals surface area (Å²) in [6, 6.07) is 6.09. The molecule has 0 radical (unpaired) electrons. The number of hydrogen-bond donors (Lipinski definition) is 1. The second kappa shape index (κ2) is 4.45. The number of benzene rings is 1. The van der Waals surface area contributed by atoms with E-state index in [-0.39, 0.29) is 0 Å². The lowest BCUT2D eigenvalue weighted by Crippen LogP contribution is -2.24. The molecule has 0 spiro atoms. The molecule has 0 amide bonds. The van der Waals surface area contributed by atoms with Crippen LogP contribution >= 0.6 is 15.9 Å². The minimum absolute atomic E-state index is 0.690. The van der Waals surface area contributed by atoms with Gasteiger partial charge < -0.3 is 5.11 Å². The highest BCUT2D eigenvalue weighted by Crippen LogP contribution is 2.34. The molecule has 0 fully saturated rings. The number of rotatable bonds is 3. The lowest BCUT2D eigenvalue weighted by molar-refractivity contribution is 0.0276. The maximum absolute atomic E-state index is 10.4. The van der Waals surface area contributed by atoms with Gasteiger partial charge in [-0.2, -0.15) is 0 Å². The second-order valence-corrected chi connectivity index (χ2v) is 4.58. The quantitative estimate of drug-likeness (QED) is 0.873. The molecule has 0 heterocycles. The van der Waals surface area contributed by atoms with Crippen molar-refractivity contribution in [3.63, 3.8) is 0 Å². The van der Waals surface area contributed by atoms with Crippen LogP contribution in [0, 0.1) is 6.92 Å². The van der Waals surface area contributed by atoms with Gasteiger partial charge in [-0.3, -0.25) is 0 Å². The van der Waals surface area contributed by atoms with Crippen molar-refractivity contribution < 1.29 is 5.11 Å². The number of aliphatic hydroxyl groups is 1. The van der Waals surface area contributed by atoms with Gasteiger partial charge in [0.2, 0.25) is 0 Å². The summed E-state index contributed by atoms with van der Waals surface area (Å²) in [6.45, 7) is 6.07. The largest absolute Gasteiger partial charge is 0.385 e. The Morgan fingerprint density at radius 3 is 2.36 bits per heavy atom. The van der Waals surface area contributed by atoms with Gasteiger partial charge >= 0.3 is 0 Å². The lowest BCUT2D eigenvalue weighted by atomic mass is 9.88. The summed E-state index contributed by atoms with van der Waals surface area (Å²) < 4.78 is 0.995. The third-order valence-corrected chi connectivity index (χ3v) is 3.48. The minimum atomic E-state index is -0.690. The Kier molecular flexibility index (Phi) is 3.73. The molecule has 0 aromatic heterocycles. The first-order chi connectivity index (χ1) is 6.53. The SMILES string of the molecule is CCC(O)(CC)c1cc(C)ccc1Br. The summed E-state index contributed by atoms with van der Waals surface area (Å²) in [5.41, 5.74) is 1.50. The zero-order valence-corrected chi connectivity index (χ0v) is 10.6. The van der Waals surface area contributed by atoms with E-state index in [2.05, 4.69) is 22.0 Å². The van der Waals surface area contributed by atoms with Crippen LogP contribution in [-0.4, -0.2) is 5.11 Å². The van der Waals surface area contributed by atoms with E-state index < -0.39 is 5.60 Å². The van der Waals surface area contributed by atoms with Gasteiger partial charge in [-0.05, 0) is 31.4 Å². The van der Waals surface area contributed by atoms with Crippen LogP contribution in [0.2, 0.25) is 0 Å². The maximum Gasteiger partial charge on any atom is 0.0902 e. The van der Waals surface area contributed by atoms with Crippen LogP contribution in [0.1, 0.15) is 37.8 Å². The first kappa shape index (κ1) is 11.7. The van der Waals surface area contributed by atoms with Gasteiger partial charge in [-0.1, -0.05) is 47.5 Å². The Bertz CT molecular complexity index is 316. The van der Waals surface area contributed by atoms with Gasteiger partial charge in [-0.25, -0.2) is 0 Å². The molecule has 1 aromatic rings. The molecule has 0 bridgehead atoms. The van der Waals surface area contributed by atoms with E-state index in [9.17, 15) is 5.11 Å². The molecule has 0 unspecified atom stereocenters. The van der Waals surface area contributed by atoms with Crippen molar-refractivity contribution in [3.8, 4) is 0 Å². The third kappa shape index (κ3) is 2.18. The van der Waals surface area contributed by atoms with E-state index in [4.69, 9.17) is 0 Å². The van der Waals surface area contributed by atoms with Crippen molar-refractivity contribution >= 4 is 15.9 Å². The third-order valence-electron chi connectivity index (χ3n) is 2.79. The second-order valence-electron chi connectivity index (χ2n) is 3.72. The van der Waals surface area contributed by atoms with Gasteiger partial charge in [-0.15, -0.1) is 0 Å². The van der Waals surface area contributed by atoms with Gasteiger partial charge in [0.05, 0.1) is 5.60 Å². The predicted octanol–water partition coefficient (Wildman–Crippen LogP) is 3.77. The Labute approximate surface area is 94.3 Å². The standard InChI is InChI=1S/C12H17BrO/c1-4-12(14,5-2)10-8-9(3)6-7-11(10)13/h6-8,14H,4-5H2,1-3H3. The molecule has 78 valence electrons. The Hall–Kier alpha value is -0.340. The summed E-state index contributed by atoms with van der Waals surface area (Å²) >= 11 is 3.49. The maximum atomic E-state index is 10.4. The fourth-order valence-electron chi connectivity index (χ4n) is 1.63. The average molecular weight is 257 g/mol. The molecule has 0 saturated carbocycles. The fourth-order valence-corrected chi connectivity index (χ4v) is 2.24. The molecule has 0 aliphatic heterocycles. The van der Waals surface area contributed by atoms with E-state index in [0.717, 1.165) is 22.9 Å². The van der Waals surface area contributed by atoms with Crippen molar-refractivity contribution in [2.45, 2.75) is 39.2 Å². The van der Waals surface area contributed by atoms with Crippen molar-refractivity contribution in [1.29, 1.82) is 0 Å². The van der Waals surface area contributed by atoms with E-state index in [0.29, 0.717) is 0 Å². The van der Waals surface area contributed by atoms with Gasteiger partial charge in [0, 0.05) is 4.47 Å². The number of halogens is 1. The molecular formula is C12H17BrO. The van der Waals surface area contributed by atoms with Crippen LogP contribution in [0.15, 0.2) is 22.7 Å². The molecule has 14 heavy (non-hydrogen) atoms. The fraction of sp³-hybridized carbons (Fsp3) is 0.500. The highest BCUT2D eigenvalue weighted by atomic mass is 79.9. The first-order valence-electron chi connectivity index (χ1n) is 5.02. The zero-order chi connectivity index (χ0) is 10.8. The Balaban J connectivity index is 3.22. The molecule has 1 rings (SSSR count). The van der Waals surface area contributed by atoms with Crippen LogP contribution in [0.25, 0.3) is 0 Å². The monoisotopic (exact) mass is 256 g/mol. The molecule has 1 aromatic carbocycles. The highest BCUT2D eigenvalue weighted by Gasteiger charge is 2.26. The topological polar surface area (TPSA) is 20.2 Å². The van der Waals surface area contributed by atoms with Crippen molar-refractivity contribution in [1.82, 2.24) is 0 Å². The molecule has 0 atom stereocenters. The molecule has 0 aliphatic rings. The minimum Gasteiger partial charge on any atom is -0.385 e. The van der Waals surface area contributed by atoms with Crippen molar-refractivity contribution in [2.24, 2.45) is 0 Å². The first-order valence-corrected chi connectivity index (χ1v) is 5.81. The van der Waals surface area contributed by atoms with Crippen LogP contribution in [0.4, 0.5) is 0 Å². The van der Waals surface area contributed by atoms with Gasteiger partial charge in [0.1, 0.15) is 0 Å².